The van der Waals surface area contributed by atoms with Gasteiger partial charge in [0.2, 0.25) is 0 Å². The van der Waals surface area contributed by atoms with Crippen LogP contribution in [0, 0.1) is 5.92 Å². The Morgan fingerprint density at radius 1 is 1.16 bits per heavy atom. The number of hydrogen-bond donors (Lipinski definition) is 2. The molecule has 0 bridgehead atoms. The Kier molecular flexibility index (Phi) is 5.80. The van der Waals surface area contributed by atoms with Gasteiger partial charge in [0.25, 0.3) is 0 Å². The summed E-state index contributed by atoms with van der Waals surface area (Å²) in [6, 6.07) is 5.46. The van der Waals surface area contributed by atoms with Crippen molar-refractivity contribution >= 4 is 18.0 Å². The lowest BCUT2D eigenvalue weighted by Crippen LogP contribution is -2.45. The van der Waals surface area contributed by atoms with Gasteiger partial charge in [0.05, 0.1) is 30.9 Å². The summed E-state index contributed by atoms with van der Waals surface area (Å²) < 4.78 is 9.98. The molecule has 1 aromatic carbocycles. The highest BCUT2D eigenvalue weighted by Crippen LogP contribution is 2.28. The molecular weight excluding hydrogens is 324 g/mol. The van der Waals surface area contributed by atoms with Gasteiger partial charge in [0, 0.05) is 5.70 Å². The molecule has 0 fully saturated rings. The molecule has 25 heavy (non-hydrogen) atoms. The highest BCUT2D eigenvalue weighted by molar-refractivity contribution is 5.95. The van der Waals surface area contributed by atoms with Gasteiger partial charge in [-0.2, -0.15) is 0 Å². The molecule has 7 heteroatoms. The minimum atomic E-state index is -0.653. The molecule has 1 unspecified atom stereocenters. The Labute approximate surface area is 146 Å². The van der Waals surface area contributed by atoms with Crippen LogP contribution in [0.4, 0.5) is 4.79 Å². The molecule has 0 saturated heterocycles. The molecule has 1 heterocycles. The summed E-state index contributed by atoms with van der Waals surface area (Å²) in [5.74, 6) is -0.737. The molecule has 1 aromatic rings. The maximum atomic E-state index is 12.5. The fourth-order valence-corrected chi connectivity index (χ4v) is 2.46. The van der Waals surface area contributed by atoms with E-state index in [9.17, 15) is 14.4 Å². The van der Waals surface area contributed by atoms with E-state index in [1.54, 1.807) is 31.2 Å². The van der Waals surface area contributed by atoms with Gasteiger partial charge in [0.1, 0.15) is 0 Å². The van der Waals surface area contributed by atoms with Crippen LogP contribution in [0.3, 0.4) is 0 Å². The van der Waals surface area contributed by atoms with Crippen LogP contribution in [0.5, 0.6) is 0 Å². The smallest absolute Gasteiger partial charge is 0.338 e. The van der Waals surface area contributed by atoms with Crippen LogP contribution >= 0.6 is 0 Å². The average Bonchev–Trinajstić information content (AvgIpc) is 2.58. The average molecular weight is 346 g/mol. The van der Waals surface area contributed by atoms with Crippen molar-refractivity contribution in [1.29, 1.82) is 0 Å². The number of carbonyl (C=O) groups is 3. The molecule has 1 aliphatic rings. The second-order valence-electron chi connectivity index (χ2n) is 6.18. The highest BCUT2D eigenvalue weighted by atomic mass is 16.5. The summed E-state index contributed by atoms with van der Waals surface area (Å²) in [6.07, 6.45) is 0. The van der Waals surface area contributed by atoms with Crippen molar-refractivity contribution in [3.8, 4) is 0 Å². The van der Waals surface area contributed by atoms with Crippen LogP contribution in [-0.2, 0) is 14.3 Å². The summed E-state index contributed by atoms with van der Waals surface area (Å²) in [5, 5.41) is 5.31. The number of nitrogens with one attached hydrogen (secondary N) is 2. The molecule has 0 aliphatic carbocycles. The minimum Gasteiger partial charge on any atom is -0.465 e. The Morgan fingerprint density at radius 3 is 2.36 bits per heavy atom. The quantitative estimate of drug-likeness (QED) is 0.798. The second kappa shape index (κ2) is 7.83. The monoisotopic (exact) mass is 346 g/mol. The first kappa shape index (κ1) is 18.5. The Balaban J connectivity index is 2.32. The van der Waals surface area contributed by atoms with Gasteiger partial charge in [0.15, 0.2) is 0 Å². The highest BCUT2D eigenvalue weighted by Gasteiger charge is 2.32. The van der Waals surface area contributed by atoms with Gasteiger partial charge >= 0.3 is 18.0 Å². The van der Waals surface area contributed by atoms with E-state index in [1.807, 2.05) is 13.8 Å². The van der Waals surface area contributed by atoms with E-state index in [0.717, 1.165) is 0 Å². The molecule has 134 valence electrons. The van der Waals surface area contributed by atoms with Crippen LogP contribution < -0.4 is 10.6 Å². The third-order valence-electron chi connectivity index (χ3n) is 3.70. The van der Waals surface area contributed by atoms with Gasteiger partial charge in [-0.1, -0.05) is 26.0 Å². The fraction of sp³-hybridized carbons (Fsp3) is 0.389. The number of carbonyl (C=O) groups excluding carboxylic acids is 3. The third kappa shape index (κ3) is 4.37. The summed E-state index contributed by atoms with van der Waals surface area (Å²) in [4.78, 5) is 35.9. The molecule has 2 rings (SSSR count). The summed E-state index contributed by atoms with van der Waals surface area (Å²) in [6.45, 7) is 5.83. The maximum absolute atomic E-state index is 12.5. The van der Waals surface area contributed by atoms with Crippen molar-refractivity contribution < 1.29 is 23.9 Å². The zero-order valence-corrected chi connectivity index (χ0v) is 14.7. The molecule has 0 spiro atoms. The number of hydrogen-bond acceptors (Lipinski definition) is 5. The number of methoxy groups -OCH3 is 1. The first-order valence-corrected chi connectivity index (χ1v) is 7.97. The Bertz CT molecular complexity index is 707. The molecule has 0 radical (unpaired) electrons. The zero-order chi connectivity index (χ0) is 18.6. The van der Waals surface area contributed by atoms with Crippen LogP contribution in [0.25, 0.3) is 0 Å². The van der Waals surface area contributed by atoms with Crippen molar-refractivity contribution in [3.05, 3.63) is 46.7 Å². The Morgan fingerprint density at radius 2 is 1.80 bits per heavy atom. The van der Waals surface area contributed by atoms with E-state index in [4.69, 9.17) is 4.74 Å². The van der Waals surface area contributed by atoms with Crippen molar-refractivity contribution in [2.24, 2.45) is 5.92 Å². The molecule has 1 atom stereocenters. The number of amides is 2. The van der Waals surface area contributed by atoms with Crippen molar-refractivity contribution in [2.45, 2.75) is 26.8 Å². The van der Waals surface area contributed by atoms with E-state index in [1.165, 1.54) is 7.11 Å². The Hall–Kier alpha value is -2.83. The molecular formula is C18H22N2O5. The number of rotatable bonds is 5. The van der Waals surface area contributed by atoms with E-state index < -0.39 is 24.0 Å². The molecule has 0 saturated carbocycles. The lowest BCUT2D eigenvalue weighted by atomic mass is 9.95. The van der Waals surface area contributed by atoms with E-state index >= 15 is 0 Å². The van der Waals surface area contributed by atoms with Crippen molar-refractivity contribution in [2.75, 3.05) is 13.7 Å². The number of allylic oxidation sites excluding steroid dienone is 1. The van der Waals surface area contributed by atoms with E-state index in [2.05, 4.69) is 15.4 Å². The second-order valence-corrected chi connectivity index (χ2v) is 6.18. The summed E-state index contributed by atoms with van der Waals surface area (Å²) in [7, 11) is 1.30. The largest absolute Gasteiger partial charge is 0.465 e. The zero-order valence-electron chi connectivity index (χ0n) is 14.7. The summed E-state index contributed by atoms with van der Waals surface area (Å²) >= 11 is 0. The van der Waals surface area contributed by atoms with Crippen LogP contribution in [-0.4, -0.2) is 31.7 Å². The lowest BCUT2D eigenvalue weighted by Gasteiger charge is -2.28. The number of urea groups is 1. The van der Waals surface area contributed by atoms with Gasteiger partial charge in [-0.3, -0.25) is 0 Å². The lowest BCUT2D eigenvalue weighted by molar-refractivity contribution is -0.140. The minimum absolute atomic E-state index is 0.203. The SMILES string of the molecule is COC(=O)c1ccc(C2NC(=O)NC(C)=C2C(=O)OCC(C)C)cc1. The van der Waals surface area contributed by atoms with Crippen LogP contribution in [0.1, 0.15) is 42.7 Å². The molecule has 0 aromatic heterocycles. The number of benzene rings is 1. The van der Waals surface area contributed by atoms with Crippen molar-refractivity contribution in [3.63, 3.8) is 0 Å². The van der Waals surface area contributed by atoms with E-state index in [-0.39, 0.29) is 12.5 Å². The molecule has 2 N–H and O–H groups in total. The molecule has 1 aliphatic heterocycles. The summed E-state index contributed by atoms with van der Waals surface area (Å²) in [5.41, 5.74) is 1.83. The predicted molar refractivity (Wildman–Crippen MR) is 90.7 cm³/mol. The fourth-order valence-electron chi connectivity index (χ4n) is 2.46. The molecule has 2 amide bonds. The predicted octanol–water partition coefficient (Wildman–Crippen LogP) is 2.30. The van der Waals surface area contributed by atoms with Gasteiger partial charge < -0.3 is 20.1 Å². The van der Waals surface area contributed by atoms with Crippen LogP contribution in [0.15, 0.2) is 35.5 Å². The van der Waals surface area contributed by atoms with Crippen molar-refractivity contribution in [1.82, 2.24) is 10.6 Å². The normalized spacial score (nSPS) is 17.0. The van der Waals surface area contributed by atoms with Gasteiger partial charge in [-0.05, 0) is 30.5 Å². The first-order valence-electron chi connectivity index (χ1n) is 7.97. The standard InChI is InChI=1S/C18H22N2O5/c1-10(2)9-25-17(22)14-11(3)19-18(23)20-15(14)12-5-7-13(8-6-12)16(21)24-4/h5-8,10,15H,9H2,1-4H3,(H2,19,20,23). The van der Waals surface area contributed by atoms with Crippen LogP contribution in [0.2, 0.25) is 0 Å². The van der Waals surface area contributed by atoms with E-state index in [0.29, 0.717) is 22.4 Å². The maximum Gasteiger partial charge on any atom is 0.338 e. The first-order chi connectivity index (χ1) is 11.8. The van der Waals surface area contributed by atoms with Gasteiger partial charge in [-0.15, -0.1) is 0 Å². The number of esters is 2. The van der Waals surface area contributed by atoms with Gasteiger partial charge in [-0.25, -0.2) is 14.4 Å². The number of ether oxygens (including phenoxy) is 2. The topological polar surface area (TPSA) is 93.7 Å². The third-order valence-corrected chi connectivity index (χ3v) is 3.70. The molecule has 7 nitrogen and oxygen atoms in total.